The maximum atomic E-state index is 12.1. The van der Waals surface area contributed by atoms with Gasteiger partial charge in [0, 0.05) is 13.6 Å². The van der Waals surface area contributed by atoms with Gasteiger partial charge in [-0.25, -0.2) is 9.67 Å². The van der Waals surface area contributed by atoms with Crippen molar-refractivity contribution in [2.24, 2.45) is 7.05 Å². The third-order valence-corrected chi connectivity index (χ3v) is 3.11. The highest BCUT2D eigenvalue weighted by atomic mass is 19.3. The number of nitrogens with one attached hydrogen (secondary N) is 1. The summed E-state index contributed by atoms with van der Waals surface area (Å²) in [5, 5.41) is 7.50. The summed E-state index contributed by atoms with van der Waals surface area (Å²) >= 11 is 0. The lowest BCUT2D eigenvalue weighted by atomic mass is 10.2. The fraction of sp³-hybridized carbons (Fsp3) is 0.429. The molecule has 0 radical (unpaired) electrons. The highest BCUT2D eigenvalue weighted by Gasteiger charge is 2.15. The first kappa shape index (κ1) is 16.0. The Hall–Kier alpha value is -2.38. The first-order valence-corrected chi connectivity index (χ1v) is 6.78. The van der Waals surface area contributed by atoms with Crippen molar-refractivity contribution < 1.29 is 18.3 Å². The second kappa shape index (κ2) is 7.06. The molecule has 0 saturated heterocycles. The summed E-state index contributed by atoms with van der Waals surface area (Å²) in [6.45, 7) is -0.366. The molecule has 2 aromatic rings. The van der Waals surface area contributed by atoms with Crippen LogP contribution in [0.15, 0.2) is 18.3 Å². The standard InChI is InChI=1S/C14H18F2N4O2/c1-4-11-10(13(21-3)20(2)19-11)8-18-12-6-5-9(7-17-12)22-14(15)16/h5-7,14H,4,8H2,1-3H3,(H,17,18). The first-order valence-electron chi connectivity index (χ1n) is 6.78. The monoisotopic (exact) mass is 312 g/mol. The van der Waals surface area contributed by atoms with Gasteiger partial charge in [0.15, 0.2) is 0 Å². The quantitative estimate of drug-likeness (QED) is 0.851. The largest absolute Gasteiger partial charge is 0.481 e. The molecule has 2 heterocycles. The molecule has 0 amide bonds. The Morgan fingerprint density at radius 3 is 2.68 bits per heavy atom. The molecule has 0 saturated carbocycles. The summed E-state index contributed by atoms with van der Waals surface area (Å²) in [5.74, 6) is 1.25. The van der Waals surface area contributed by atoms with Gasteiger partial charge in [0.2, 0.25) is 5.88 Å². The van der Waals surface area contributed by atoms with Gasteiger partial charge in [0.25, 0.3) is 0 Å². The molecule has 0 fully saturated rings. The minimum atomic E-state index is -2.85. The Morgan fingerprint density at radius 2 is 2.14 bits per heavy atom. The molecule has 0 bridgehead atoms. The average molecular weight is 312 g/mol. The van der Waals surface area contributed by atoms with E-state index in [9.17, 15) is 8.78 Å². The molecule has 0 atom stereocenters. The van der Waals surface area contributed by atoms with E-state index < -0.39 is 6.61 Å². The molecule has 2 rings (SSSR count). The normalized spacial score (nSPS) is 10.8. The number of ether oxygens (including phenoxy) is 2. The van der Waals surface area contributed by atoms with Gasteiger partial charge in [-0.2, -0.15) is 13.9 Å². The van der Waals surface area contributed by atoms with Crippen LogP contribution in [0.3, 0.4) is 0 Å². The predicted molar refractivity (Wildman–Crippen MR) is 77.3 cm³/mol. The molecule has 120 valence electrons. The minimum absolute atomic E-state index is 0.0220. The van der Waals surface area contributed by atoms with Gasteiger partial charge in [-0.15, -0.1) is 0 Å². The third kappa shape index (κ3) is 3.63. The highest BCUT2D eigenvalue weighted by molar-refractivity contribution is 5.41. The van der Waals surface area contributed by atoms with E-state index in [2.05, 4.69) is 20.1 Å². The van der Waals surface area contributed by atoms with Crippen LogP contribution in [0.2, 0.25) is 0 Å². The van der Waals surface area contributed by atoms with E-state index in [1.54, 1.807) is 17.9 Å². The zero-order valence-corrected chi connectivity index (χ0v) is 12.6. The van der Waals surface area contributed by atoms with Crippen LogP contribution in [0.5, 0.6) is 11.6 Å². The first-order chi connectivity index (χ1) is 10.5. The van der Waals surface area contributed by atoms with E-state index >= 15 is 0 Å². The van der Waals surface area contributed by atoms with E-state index in [0.717, 1.165) is 17.7 Å². The zero-order valence-electron chi connectivity index (χ0n) is 12.6. The molecular formula is C14H18F2N4O2. The Morgan fingerprint density at radius 1 is 1.36 bits per heavy atom. The number of aromatic nitrogens is 3. The average Bonchev–Trinajstić information content (AvgIpc) is 2.81. The molecular weight excluding hydrogens is 294 g/mol. The summed E-state index contributed by atoms with van der Waals surface area (Å²) < 4.78 is 35.4. The lowest BCUT2D eigenvalue weighted by Gasteiger charge is -2.09. The smallest absolute Gasteiger partial charge is 0.387 e. The van der Waals surface area contributed by atoms with Crippen LogP contribution < -0.4 is 14.8 Å². The lowest BCUT2D eigenvalue weighted by Crippen LogP contribution is -2.06. The van der Waals surface area contributed by atoms with Gasteiger partial charge in [-0.3, -0.25) is 0 Å². The van der Waals surface area contributed by atoms with E-state index in [4.69, 9.17) is 4.74 Å². The van der Waals surface area contributed by atoms with Crippen LogP contribution in [-0.2, 0) is 20.0 Å². The fourth-order valence-electron chi connectivity index (χ4n) is 2.16. The molecule has 1 N–H and O–H groups in total. The third-order valence-electron chi connectivity index (χ3n) is 3.11. The Labute approximate surface area is 127 Å². The molecule has 6 nitrogen and oxygen atoms in total. The van der Waals surface area contributed by atoms with Gasteiger partial charge in [-0.05, 0) is 18.6 Å². The molecule has 2 aromatic heterocycles. The van der Waals surface area contributed by atoms with Gasteiger partial charge >= 0.3 is 6.61 Å². The van der Waals surface area contributed by atoms with Crippen molar-refractivity contribution in [3.8, 4) is 11.6 Å². The number of hydrogen-bond acceptors (Lipinski definition) is 5. The summed E-state index contributed by atoms with van der Waals surface area (Å²) in [6, 6.07) is 3.01. The summed E-state index contributed by atoms with van der Waals surface area (Å²) in [4.78, 5) is 4.03. The van der Waals surface area contributed by atoms with Crippen molar-refractivity contribution in [2.45, 2.75) is 26.5 Å². The van der Waals surface area contributed by atoms with Crippen molar-refractivity contribution in [1.82, 2.24) is 14.8 Å². The molecule has 22 heavy (non-hydrogen) atoms. The summed E-state index contributed by atoms with van der Waals surface area (Å²) in [7, 11) is 3.41. The number of halogens is 2. The molecule has 0 aliphatic heterocycles. The lowest BCUT2D eigenvalue weighted by molar-refractivity contribution is -0.0500. The van der Waals surface area contributed by atoms with Crippen LogP contribution in [-0.4, -0.2) is 28.5 Å². The number of methoxy groups -OCH3 is 1. The van der Waals surface area contributed by atoms with Crippen LogP contribution >= 0.6 is 0 Å². The maximum Gasteiger partial charge on any atom is 0.387 e. The number of anilines is 1. The van der Waals surface area contributed by atoms with Crippen LogP contribution in [0.25, 0.3) is 0 Å². The second-order valence-electron chi connectivity index (χ2n) is 4.52. The highest BCUT2D eigenvalue weighted by Crippen LogP contribution is 2.23. The molecule has 0 aromatic carbocycles. The van der Waals surface area contributed by atoms with Crippen molar-refractivity contribution in [2.75, 3.05) is 12.4 Å². The number of pyridine rings is 1. The molecule has 0 aliphatic carbocycles. The van der Waals surface area contributed by atoms with Crippen molar-refractivity contribution >= 4 is 5.82 Å². The van der Waals surface area contributed by atoms with E-state index in [-0.39, 0.29) is 5.75 Å². The fourth-order valence-corrected chi connectivity index (χ4v) is 2.16. The number of rotatable bonds is 7. The van der Waals surface area contributed by atoms with Gasteiger partial charge < -0.3 is 14.8 Å². The number of alkyl halides is 2. The van der Waals surface area contributed by atoms with Crippen molar-refractivity contribution in [3.05, 3.63) is 29.6 Å². The Balaban J connectivity index is 2.07. The molecule has 8 heteroatoms. The van der Waals surface area contributed by atoms with Gasteiger partial charge in [-0.1, -0.05) is 6.92 Å². The van der Waals surface area contributed by atoms with E-state index in [1.165, 1.54) is 12.3 Å². The zero-order chi connectivity index (χ0) is 16.1. The second-order valence-corrected chi connectivity index (χ2v) is 4.52. The van der Waals surface area contributed by atoms with Crippen molar-refractivity contribution in [3.63, 3.8) is 0 Å². The van der Waals surface area contributed by atoms with Gasteiger partial charge in [0.1, 0.15) is 11.6 Å². The van der Waals surface area contributed by atoms with Crippen LogP contribution in [0.1, 0.15) is 18.2 Å². The van der Waals surface area contributed by atoms with E-state index in [0.29, 0.717) is 18.2 Å². The van der Waals surface area contributed by atoms with E-state index in [1.807, 2.05) is 14.0 Å². The predicted octanol–water partition coefficient (Wildman–Crippen LogP) is 2.60. The minimum Gasteiger partial charge on any atom is -0.481 e. The number of aryl methyl sites for hydroxylation is 2. The SMILES string of the molecule is CCc1nn(C)c(OC)c1CNc1ccc(OC(F)F)cn1. The molecule has 0 spiro atoms. The summed E-state index contributed by atoms with van der Waals surface area (Å²) in [6.07, 6.45) is 2.03. The number of hydrogen-bond donors (Lipinski definition) is 1. The molecule has 0 unspecified atom stereocenters. The Bertz CT molecular complexity index is 614. The number of nitrogens with zero attached hydrogens (tertiary/aromatic N) is 3. The van der Waals surface area contributed by atoms with Crippen LogP contribution in [0.4, 0.5) is 14.6 Å². The summed E-state index contributed by atoms with van der Waals surface area (Å²) in [5.41, 5.74) is 1.88. The van der Waals surface area contributed by atoms with Crippen LogP contribution in [0, 0.1) is 0 Å². The Kier molecular flexibility index (Phi) is 5.13. The topological polar surface area (TPSA) is 61.2 Å². The maximum absolute atomic E-state index is 12.1. The molecule has 0 aliphatic rings. The van der Waals surface area contributed by atoms with Crippen molar-refractivity contribution in [1.29, 1.82) is 0 Å². The van der Waals surface area contributed by atoms with Gasteiger partial charge in [0.05, 0.1) is 24.6 Å².